The fourth-order valence-electron chi connectivity index (χ4n) is 2.50. The van der Waals surface area contributed by atoms with E-state index in [1.54, 1.807) is 12.1 Å². The zero-order valence-corrected chi connectivity index (χ0v) is 12.2. The summed E-state index contributed by atoms with van der Waals surface area (Å²) < 4.78 is 18.7. The number of ether oxygens (including phenoxy) is 1. The third-order valence-electron chi connectivity index (χ3n) is 3.58. The number of nitrogens with one attached hydrogen (secondary N) is 2. The minimum absolute atomic E-state index is 0.182. The van der Waals surface area contributed by atoms with Crippen LogP contribution in [0.5, 0.6) is 0 Å². The van der Waals surface area contributed by atoms with Crippen LogP contribution in [0.4, 0.5) is 10.1 Å². The van der Waals surface area contributed by atoms with Gasteiger partial charge in [-0.1, -0.05) is 25.3 Å². The molecule has 2 rings (SSSR count). The van der Waals surface area contributed by atoms with Crippen LogP contribution in [0.3, 0.4) is 0 Å². The van der Waals surface area contributed by atoms with Gasteiger partial charge in [-0.25, -0.2) is 4.39 Å². The summed E-state index contributed by atoms with van der Waals surface area (Å²) in [5.41, 5.74) is 0.472. The molecule has 0 aliphatic heterocycles. The molecule has 1 saturated carbocycles. The van der Waals surface area contributed by atoms with Crippen molar-refractivity contribution in [2.45, 2.75) is 38.2 Å². The maximum atomic E-state index is 13.0. The van der Waals surface area contributed by atoms with Crippen LogP contribution >= 0.6 is 0 Å². The lowest BCUT2D eigenvalue weighted by atomic mass is 9.98. The molecule has 0 spiro atoms. The molecule has 0 saturated heterocycles. The second-order valence-electron chi connectivity index (χ2n) is 5.37. The Morgan fingerprint density at radius 1 is 1.29 bits per heavy atom. The predicted octanol–water partition coefficient (Wildman–Crippen LogP) is 2.70. The maximum absolute atomic E-state index is 13.0. The van der Waals surface area contributed by atoms with Crippen LogP contribution in [0, 0.1) is 5.82 Å². The van der Waals surface area contributed by atoms with Gasteiger partial charge in [0.2, 0.25) is 5.91 Å². The SMILES string of the molecule is O=C(CNCCOC1CCCCC1)Nc1cccc(F)c1. The minimum atomic E-state index is -0.360. The van der Waals surface area contributed by atoms with Gasteiger partial charge in [-0.2, -0.15) is 0 Å². The van der Waals surface area contributed by atoms with E-state index in [1.807, 2.05) is 0 Å². The van der Waals surface area contributed by atoms with E-state index in [1.165, 1.54) is 31.4 Å². The Morgan fingerprint density at radius 2 is 2.10 bits per heavy atom. The van der Waals surface area contributed by atoms with Gasteiger partial charge in [-0.3, -0.25) is 4.79 Å². The van der Waals surface area contributed by atoms with Crippen LogP contribution in [0.1, 0.15) is 32.1 Å². The topological polar surface area (TPSA) is 50.4 Å². The fourth-order valence-corrected chi connectivity index (χ4v) is 2.50. The van der Waals surface area contributed by atoms with Gasteiger partial charge in [0.05, 0.1) is 19.3 Å². The molecule has 1 amide bonds. The summed E-state index contributed by atoms with van der Waals surface area (Å²) in [6.07, 6.45) is 6.53. The Balaban J connectivity index is 1.54. The van der Waals surface area contributed by atoms with Crippen LogP contribution < -0.4 is 10.6 Å². The van der Waals surface area contributed by atoms with Crippen molar-refractivity contribution in [1.82, 2.24) is 5.32 Å². The normalized spacial score (nSPS) is 15.9. The number of carbonyl (C=O) groups excluding carboxylic acids is 1. The van der Waals surface area contributed by atoms with Gasteiger partial charge in [-0.15, -0.1) is 0 Å². The van der Waals surface area contributed by atoms with E-state index in [-0.39, 0.29) is 18.3 Å². The average molecular weight is 294 g/mol. The standard InChI is InChI=1S/C16H23FN2O2/c17-13-5-4-6-14(11-13)19-16(20)12-18-9-10-21-15-7-2-1-3-8-15/h4-6,11,15,18H,1-3,7-10,12H2,(H,19,20). The molecule has 1 fully saturated rings. The van der Waals surface area contributed by atoms with Gasteiger partial charge in [0.25, 0.3) is 0 Å². The van der Waals surface area contributed by atoms with E-state index in [0.717, 1.165) is 12.8 Å². The summed E-state index contributed by atoms with van der Waals surface area (Å²) >= 11 is 0. The van der Waals surface area contributed by atoms with Gasteiger partial charge in [-0.05, 0) is 31.0 Å². The van der Waals surface area contributed by atoms with Crippen molar-refractivity contribution in [3.05, 3.63) is 30.1 Å². The smallest absolute Gasteiger partial charge is 0.238 e. The van der Waals surface area contributed by atoms with Gasteiger partial charge < -0.3 is 15.4 Å². The van der Waals surface area contributed by atoms with Gasteiger partial charge in [0, 0.05) is 12.2 Å². The lowest BCUT2D eigenvalue weighted by Gasteiger charge is -2.21. The largest absolute Gasteiger partial charge is 0.377 e. The molecule has 5 heteroatoms. The minimum Gasteiger partial charge on any atom is -0.377 e. The Labute approximate surface area is 125 Å². The van der Waals surface area contributed by atoms with Gasteiger partial charge >= 0.3 is 0 Å². The van der Waals surface area contributed by atoms with Crippen LogP contribution in [0.15, 0.2) is 24.3 Å². The van der Waals surface area contributed by atoms with Crippen molar-refractivity contribution in [2.75, 3.05) is 25.0 Å². The lowest BCUT2D eigenvalue weighted by Crippen LogP contribution is -2.31. The molecule has 1 aliphatic rings. The van der Waals surface area contributed by atoms with E-state index in [0.29, 0.717) is 24.9 Å². The molecule has 21 heavy (non-hydrogen) atoms. The molecular formula is C16H23FN2O2. The molecule has 116 valence electrons. The van der Waals surface area contributed by atoms with Crippen LogP contribution in [-0.4, -0.2) is 31.7 Å². The number of anilines is 1. The summed E-state index contributed by atoms with van der Waals surface area (Å²) in [6.45, 7) is 1.47. The summed E-state index contributed by atoms with van der Waals surface area (Å²) in [6, 6.07) is 5.87. The maximum Gasteiger partial charge on any atom is 0.238 e. The highest BCUT2D eigenvalue weighted by Gasteiger charge is 2.13. The second kappa shape index (κ2) is 8.74. The Morgan fingerprint density at radius 3 is 2.86 bits per heavy atom. The van der Waals surface area contributed by atoms with Crippen LogP contribution in [0.2, 0.25) is 0 Å². The van der Waals surface area contributed by atoms with Crippen LogP contribution in [0.25, 0.3) is 0 Å². The monoisotopic (exact) mass is 294 g/mol. The average Bonchev–Trinajstić information content (AvgIpc) is 2.48. The van der Waals surface area contributed by atoms with E-state index in [4.69, 9.17) is 4.74 Å². The number of hydrogen-bond acceptors (Lipinski definition) is 3. The number of amides is 1. The van der Waals surface area contributed by atoms with Crippen molar-refractivity contribution in [2.24, 2.45) is 0 Å². The first-order chi connectivity index (χ1) is 10.2. The molecule has 0 bridgehead atoms. The zero-order chi connectivity index (χ0) is 14.9. The predicted molar refractivity (Wildman–Crippen MR) is 80.7 cm³/mol. The van der Waals surface area contributed by atoms with Crippen molar-refractivity contribution < 1.29 is 13.9 Å². The summed E-state index contributed by atoms with van der Waals surface area (Å²) in [5.74, 6) is -0.542. The number of hydrogen-bond donors (Lipinski definition) is 2. The molecule has 1 aromatic carbocycles. The van der Waals surface area contributed by atoms with E-state index >= 15 is 0 Å². The number of halogens is 1. The highest BCUT2D eigenvalue weighted by Crippen LogP contribution is 2.19. The van der Waals surface area contributed by atoms with E-state index < -0.39 is 0 Å². The summed E-state index contributed by atoms with van der Waals surface area (Å²) in [5, 5.41) is 5.67. The molecule has 4 nitrogen and oxygen atoms in total. The molecule has 1 aliphatic carbocycles. The van der Waals surface area contributed by atoms with E-state index in [9.17, 15) is 9.18 Å². The second-order valence-corrected chi connectivity index (χ2v) is 5.37. The zero-order valence-electron chi connectivity index (χ0n) is 12.2. The Kier molecular flexibility index (Phi) is 6.63. The highest BCUT2D eigenvalue weighted by molar-refractivity contribution is 5.92. The van der Waals surface area contributed by atoms with Crippen molar-refractivity contribution in [1.29, 1.82) is 0 Å². The molecule has 0 atom stereocenters. The van der Waals surface area contributed by atoms with Crippen LogP contribution in [-0.2, 0) is 9.53 Å². The first-order valence-electron chi connectivity index (χ1n) is 7.62. The van der Waals surface area contributed by atoms with Gasteiger partial charge in [0.1, 0.15) is 5.82 Å². The number of benzene rings is 1. The lowest BCUT2D eigenvalue weighted by molar-refractivity contribution is -0.115. The molecule has 0 aromatic heterocycles. The molecular weight excluding hydrogens is 271 g/mol. The molecule has 0 radical (unpaired) electrons. The molecule has 2 N–H and O–H groups in total. The Hall–Kier alpha value is -1.46. The summed E-state index contributed by atoms with van der Waals surface area (Å²) in [4.78, 5) is 11.7. The highest BCUT2D eigenvalue weighted by atomic mass is 19.1. The Bertz CT molecular complexity index is 448. The van der Waals surface area contributed by atoms with Gasteiger partial charge in [0.15, 0.2) is 0 Å². The molecule has 0 unspecified atom stereocenters. The summed E-state index contributed by atoms with van der Waals surface area (Å²) in [7, 11) is 0. The quantitative estimate of drug-likeness (QED) is 0.760. The fraction of sp³-hybridized carbons (Fsp3) is 0.562. The van der Waals surface area contributed by atoms with Crippen molar-refractivity contribution in [3.8, 4) is 0 Å². The molecule has 0 heterocycles. The number of rotatable bonds is 7. The third-order valence-corrected chi connectivity index (χ3v) is 3.58. The van der Waals surface area contributed by atoms with E-state index in [2.05, 4.69) is 10.6 Å². The number of carbonyl (C=O) groups is 1. The first kappa shape index (κ1) is 15.9. The third kappa shape index (κ3) is 6.23. The van der Waals surface area contributed by atoms with Crippen molar-refractivity contribution in [3.63, 3.8) is 0 Å². The molecule has 1 aromatic rings. The van der Waals surface area contributed by atoms with Crippen molar-refractivity contribution >= 4 is 11.6 Å². The first-order valence-corrected chi connectivity index (χ1v) is 7.62.